The van der Waals surface area contributed by atoms with Gasteiger partial charge in [0.1, 0.15) is 17.5 Å². The highest BCUT2D eigenvalue weighted by molar-refractivity contribution is 7.15. The number of thiophene rings is 1. The first-order valence-electron chi connectivity index (χ1n) is 6.38. The summed E-state index contributed by atoms with van der Waals surface area (Å²) in [7, 11) is 0. The van der Waals surface area contributed by atoms with E-state index in [9.17, 15) is 5.26 Å². The highest BCUT2D eigenvalue weighted by Crippen LogP contribution is 2.33. The van der Waals surface area contributed by atoms with Gasteiger partial charge in [0.05, 0.1) is 22.6 Å². The molecule has 0 unspecified atom stereocenters. The highest BCUT2D eigenvalue weighted by Gasteiger charge is 2.17. The molecule has 0 saturated heterocycles. The largest absolute Gasteiger partial charge is 0.383 e. The summed E-state index contributed by atoms with van der Waals surface area (Å²) < 4.78 is 0. The summed E-state index contributed by atoms with van der Waals surface area (Å²) in [6.07, 6.45) is 1.61. The average molecular weight is 295 g/mol. The number of hydrogen-bond acceptors (Lipinski definition) is 5. The number of imidazole rings is 1. The summed E-state index contributed by atoms with van der Waals surface area (Å²) in [5.74, 6) is 0.235. The molecule has 6 heteroatoms. The van der Waals surface area contributed by atoms with Crippen molar-refractivity contribution in [3.05, 3.63) is 40.7 Å². The van der Waals surface area contributed by atoms with Gasteiger partial charge in [-0.25, -0.2) is 9.97 Å². The first-order valence-corrected chi connectivity index (χ1v) is 7.19. The molecule has 0 radical (unpaired) electrons. The van der Waals surface area contributed by atoms with Crippen molar-refractivity contribution >= 4 is 17.2 Å². The van der Waals surface area contributed by atoms with Crippen molar-refractivity contribution in [2.45, 2.75) is 13.8 Å². The fourth-order valence-corrected chi connectivity index (χ4v) is 3.03. The second kappa shape index (κ2) is 5.04. The van der Waals surface area contributed by atoms with Crippen LogP contribution in [0.1, 0.15) is 16.1 Å². The Kier molecular flexibility index (Phi) is 3.20. The van der Waals surface area contributed by atoms with Crippen LogP contribution in [0.15, 0.2) is 24.5 Å². The van der Waals surface area contributed by atoms with Crippen molar-refractivity contribution < 1.29 is 0 Å². The standard InChI is InChI=1S/C15H13N5S/c1-8-3-4-13(21-8)12-5-10(11(6-16)15(17)20-12)14-9(2)18-7-19-14/h3-5,7H,1-2H3,(H2,17,20)(H,18,19). The minimum absolute atomic E-state index is 0.235. The number of hydrogen-bond donors (Lipinski definition) is 2. The van der Waals surface area contributed by atoms with E-state index in [1.54, 1.807) is 17.7 Å². The van der Waals surface area contributed by atoms with Gasteiger partial charge in [0.15, 0.2) is 0 Å². The fourth-order valence-electron chi connectivity index (χ4n) is 2.20. The maximum absolute atomic E-state index is 9.35. The SMILES string of the molecule is Cc1ccc(-c2cc(-c3nc[nH]c3C)c(C#N)c(N)n2)s1. The summed E-state index contributed by atoms with van der Waals surface area (Å²) in [6.45, 7) is 3.95. The molecule has 21 heavy (non-hydrogen) atoms. The number of aryl methyl sites for hydroxylation is 2. The molecule has 0 aliphatic heterocycles. The lowest BCUT2D eigenvalue weighted by molar-refractivity contribution is 1.25. The summed E-state index contributed by atoms with van der Waals surface area (Å²) in [6, 6.07) is 8.05. The molecular formula is C15H13N5S. The molecule has 3 aromatic heterocycles. The molecule has 3 N–H and O–H groups in total. The topological polar surface area (TPSA) is 91.4 Å². The van der Waals surface area contributed by atoms with E-state index in [2.05, 4.69) is 21.0 Å². The number of anilines is 1. The first-order chi connectivity index (χ1) is 10.1. The first kappa shape index (κ1) is 13.3. The predicted octanol–water partition coefficient (Wildman–Crippen LogP) is 3.27. The molecule has 3 aromatic rings. The number of nitrogens with two attached hydrogens (primary N) is 1. The fraction of sp³-hybridized carbons (Fsp3) is 0.133. The number of nitrogens with zero attached hydrogens (tertiary/aromatic N) is 3. The third kappa shape index (κ3) is 2.28. The van der Waals surface area contributed by atoms with Gasteiger partial charge < -0.3 is 10.7 Å². The van der Waals surface area contributed by atoms with Gasteiger partial charge in [-0.15, -0.1) is 11.3 Å². The van der Waals surface area contributed by atoms with Gasteiger partial charge in [0.2, 0.25) is 0 Å². The second-order valence-corrected chi connectivity index (χ2v) is 6.00. The Balaban J connectivity index is 2.25. The van der Waals surface area contributed by atoms with Gasteiger partial charge in [0, 0.05) is 16.1 Å². The quantitative estimate of drug-likeness (QED) is 0.759. The minimum Gasteiger partial charge on any atom is -0.383 e. The number of rotatable bonds is 2. The second-order valence-electron chi connectivity index (χ2n) is 4.71. The number of nitriles is 1. The summed E-state index contributed by atoms with van der Waals surface area (Å²) in [5, 5.41) is 9.35. The van der Waals surface area contributed by atoms with Gasteiger partial charge in [-0.3, -0.25) is 0 Å². The molecule has 0 bridgehead atoms. The molecule has 0 spiro atoms. The molecule has 0 amide bonds. The Morgan fingerprint density at radius 3 is 2.71 bits per heavy atom. The third-order valence-electron chi connectivity index (χ3n) is 3.24. The zero-order valence-electron chi connectivity index (χ0n) is 11.6. The van der Waals surface area contributed by atoms with Gasteiger partial charge >= 0.3 is 0 Å². The number of nitrogen functional groups attached to an aromatic ring is 1. The molecule has 3 rings (SSSR count). The zero-order valence-corrected chi connectivity index (χ0v) is 12.5. The van der Waals surface area contributed by atoms with E-state index in [1.807, 2.05) is 32.0 Å². The Morgan fingerprint density at radius 1 is 1.33 bits per heavy atom. The smallest absolute Gasteiger partial charge is 0.142 e. The van der Waals surface area contributed by atoms with Gasteiger partial charge in [-0.2, -0.15) is 5.26 Å². The van der Waals surface area contributed by atoms with Crippen molar-refractivity contribution in [3.8, 4) is 27.9 Å². The molecular weight excluding hydrogens is 282 g/mol. The Bertz CT molecular complexity index is 853. The lowest BCUT2D eigenvalue weighted by Crippen LogP contribution is -2.00. The molecule has 0 aromatic carbocycles. The summed E-state index contributed by atoms with van der Waals surface area (Å²) >= 11 is 1.64. The number of nitrogens with one attached hydrogen (secondary N) is 1. The Morgan fingerprint density at radius 2 is 2.14 bits per heavy atom. The lowest BCUT2D eigenvalue weighted by Gasteiger charge is -2.08. The summed E-state index contributed by atoms with van der Waals surface area (Å²) in [5.41, 5.74) is 9.43. The van der Waals surface area contributed by atoms with E-state index in [1.165, 1.54) is 4.88 Å². The third-order valence-corrected chi connectivity index (χ3v) is 4.26. The Hall–Kier alpha value is -2.65. The van der Waals surface area contributed by atoms with Crippen LogP contribution in [0.2, 0.25) is 0 Å². The van der Waals surface area contributed by atoms with Crippen LogP contribution in [-0.4, -0.2) is 15.0 Å². The van der Waals surface area contributed by atoms with Gasteiger partial charge in [0.25, 0.3) is 0 Å². The van der Waals surface area contributed by atoms with Crippen molar-refractivity contribution in [3.63, 3.8) is 0 Å². The molecule has 3 heterocycles. The maximum Gasteiger partial charge on any atom is 0.142 e. The van der Waals surface area contributed by atoms with Crippen LogP contribution in [0.25, 0.3) is 21.8 Å². The van der Waals surface area contributed by atoms with Crippen molar-refractivity contribution in [2.24, 2.45) is 0 Å². The minimum atomic E-state index is 0.235. The summed E-state index contributed by atoms with van der Waals surface area (Å²) in [4.78, 5) is 13.9. The van der Waals surface area contributed by atoms with E-state index in [4.69, 9.17) is 5.73 Å². The number of aromatic nitrogens is 3. The average Bonchev–Trinajstić information content (AvgIpc) is 3.06. The van der Waals surface area contributed by atoms with E-state index in [0.717, 1.165) is 22.0 Å². The molecule has 104 valence electrons. The number of aromatic amines is 1. The van der Waals surface area contributed by atoms with Crippen molar-refractivity contribution in [1.82, 2.24) is 15.0 Å². The Labute approximate surface area is 126 Å². The van der Waals surface area contributed by atoms with Crippen molar-refractivity contribution in [2.75, 3.05) is 5.73 Å². The van der Waals surface area contributed by atoms with Crippen LogP contribution in [0, 0.1) is 25.2 Å². The lowest BCUT2D eigenvalue weighted by atomic mass is 10.0. The normalized spacial score (nSPS) is 10.5. The van der Waals surface area contributed by atoms with E-state index in [-0.39, 0.29) is 5.82 Å². The maximum atomic E-state index is 9.35. The van der Waals surface area contributed by atoms with Crippen LogP contribution in [0.5, 0.6) is 0 Å². The van der Waals surface area contributed by atoms with Crippen LogP contribution in [0.4, 0.5) is 5.82 Å². The van der Waals surface area contributed by atoms with Gasteiger partial charge in [-0.1, -0.05) is 0 Å². The predicted molar refractivity (Wildman–Crippen MR) is 83.7 cm³/mol. The molecule has 0 atom stereocenters. The molecule has 0 aliphatic rings. The monoisotopic (exact) mass is 295 g/mol. The van der Waals surface area contributed by atoms with E-state index < -0.39 is 0 Å². The molecule has 5 nitrogen and oxygen atoms in total. The van der Waals surface area contributed by atoms with Crippen molar-refractivity contribution in [1.29, 1.82) is 5.26 Å². The molecule has 0 fully saturated rings. The number of pyridine rings is 1. The molecule has 0 aliphatic carbocycles. The van der Waals surface area contributed by atoms with E-state index >= 15 is 0 Å². The highest BCUT2D eigenvalue weighted by atomic mass is 32.1. The zero-order chi connectivity index (χ0) is 15.0. The van der Waals surface area contributed by atoms with Gasteiger partial charge in [-0.05, 0) is 32.0 Å². The van der Waals surface area contributed by atoms with E-state index in [0.29, 0.717) is 11.1 Å². The number of H-pyrrole nitrogens is 1. The van der Waals surface area contributed by atoms with Crippen LogP contribution in [0.3, 0.4) is 0 Å². The van der Waals surface area contributed by atoms with Crippen LogP contribution < -0.4 is 5.73 Å². The van der Waals surface area contributed by atoms with Crippen LogP contribution >= 0.6 is 11.3 Å². The van der Waals surface area contributed by atoms with Crippen LogP contribution in [-0.2, 0) is 0 Å². The molecule has 0 saturated carbocycles.